The number of benzene rings is 1. The Morgan fingerprint density at radius 2 is 2.06 bits per heavy atom. The number of likely N-dealkylation sites (tertiary alicyclic amines) is 1. The van der Waals surface area contributed by atoms with E-state index >= 15 is 0 Å². The smallest absolute Gasteiger partial charge is 0.251 e. The van der Waals surface area contributed by atoms with Crippen LogP contribution in [0.4, 0.5) is 0 Å². The lowest BCUT2D eigenvalue weighted by atomic mass is 10.1. The summed E-state index contributed by atoms with van der Waals surface area (Å²) in [7, 11) is 0. The molecule has 0 spiro atoms. The maximum Gasteiger partial charge on any atom is 0.251 e. The Kier molecular flexibility index (Phi) is 8.30. The number of guanidine groups is 1. The molecule has 0 bridgehead atoms. The highest BCUT2D eigenvalue weighted by molar-refractivity contribution is 5.94. The number of rotatable bonds is 8. The third-order valence-electron chi connectivity index (χ3n) is 5.29. The quantitative estimate of drug-likeness (QED) is 0.434. The van der Waals surface area contributed by atoms with E-state index in [4.69, 9.17) is 4.42 Å². The van der Waals surface area contributed by atoms with Gasteiger partial charge >= 0.3 is 0 Å². The van der Waals surface area contributed by atoms with Gasteiger partial charge in [-0.05, 0) is 43.2 Å². The highest BCUT2D eigenvalue weighted by Gasteiger charge is 2.27. The van der Waals surface area contributed by atoms with Crippen LogP contribution in [-0.2, 0) is 17.9 Å². The summed E-state index contributed by atoms with van der Waals surface area (Å²) >= 11 is 0. The van der Waals surface area contributed by atoms with Crippen molar-refractivity contribution in [2.75, 3.05) is 19.6 Å². The van der Waals surface area contributed by atoms with E-state index in [0.717, 1.165) is 25.1 Å². The third-order valence-corrected chi connectivity index (χ3v) is 5.29. The van der Waals surface area contributed by atoms with Crippen LogP contribution >= 0.6 is 0 Å². The average molecular weight is 440 g/mol. The van der Waals surface area contributed by atoms with E-state index in [2.05, 4.69) is 20.9 Å². The summed E-state index contributed by atoms with van der Waals surface area (Å²) in [6.07, 6.45) is 2.48. The molecule has 1 atom stereocenters. The summed E-state index contributed by atoms with van der Waals surface area (Å²) in [5, 5.41) is 9.56. The minimum absolute atomic E-state index is 0.0132. The van der Waals surface area contributed by atoms with Gasteiger partial charge in [0.2, 0.25) is 5.91 Å². The monoisotopic (exact) mass is 439 g/mol. The minimum Gasteiger partial charge on any atom is -0.467 e. The number of nitrogens with zero attached hydrogens (tertiary/aromatic N) is 2. The van der Waals surface area contributed by atoms with Crippen LogP contribution in [0.3, 0.4) is 0 Å². The Hall–Kier alpha value is -3.29. The Bertz CT molecular complexity index is 923. The molecule has 1 unspecified atom stereocenters. The molecule has 1 fully saturated rings. The molecular formula is C24H33N5O3. The van der Waals surface area contributed by atoms with Gasteiger partial charge in [0.15, 0.2) is 5.96 Å². The van der Waals surface area contributed by atoms with Crippen molar-refractivity contribution in [3.05, 3.63) is 59.5 Å². The summed E-state index contributed by atoms with van der Waals surface area (Å²) in [4.78, 5) is 31.3. The number of nitrogens with one attached hydrogen (secondary N) is 3. The molecule has 1 aliphatic heterocycles. The highest BCUT2D eigenvalue weighted by Crippen LogP contribution is 2.13. The van der Waals surface area contributed by atoms with E-state index in [0.29, 0.717) is 36.9 Å². The maximum atomic E-state index is 12.5. The Labute approximate surface area is 189 Å². The van der Waals surface area contributed by atoms with Gasteiger partial charge in [-0.15, -0.1) is 0 Å². The summed E-state index contributed by atoms with van der Waals surface area (Å²) in [6.45, 7) is 8.86. The van der Waals surface area contributed by atoms with Crippen molar-refractivity contribution >= 4 is 17.8 Å². The van der Waals surface area contributed by atoms with E-state index in [-0.39, 0.29) is 23.8 Å². The second-order valence-electron chi connectivity index (χ2n) is 8.23. The van der Waals surface area contributed by atoms with Crippen LogP contribution in [0.5, 0.6) is 0 Å². The van der Waals surface area contributed by atoms with Gasteiger partial charge < -0.3 is 25.3 Å². The lowest BCUT2D eigenvalue weighted by molar-refractivity contribution is -0.133. The zero-order valence-electron chi connectivity index (χ0n) is 19.1. The van der Waals surface area contributed by atoms with Gasteiger partial charge in [0.05, 0.1) is 19.4 Å². The molecule has 32 heavy (non-hydrogen) atoms. The lowest BCUT2D eigenvalue weighted by Crippen LogP contribution is -2.45. The second-order valence-corrected chi connectivity index (χ2v) is 8.23. The largest absolute Gasteiger partial charge is 0.467 e. The van der Waals surface area contributed by atoms with Crippen LogP contribution < -0.4 is 16.0 Å². The lowest BCUT2D eigenvalue weighted by Gasteiger charge is -2.20. The van der Waals surface area contributed by atoms with Gasteiger partial charge in [0.25, 0.3) is 5.91 Å². The van der Waals surface area contributed by atoms with Crippen molar-refractivity contribution in [1.29, 1.82) is 0 Å². The number of hydrogen-bond acceptors (Lipinski definition) is 4. The van der Waals surface area contributed by atoms with Crippen LogP contribution in [0.25, 0.3) is 0 Å². The first-order valence-electron chi connectivity index (χ1n) is 11.2. The molecule has 2 heterocycles. The van der Waals surface area contributed by atoms with E-state index in [1.807, 2.05) is 49.9 Å². The van der Waals surface area contributed by atoms with Gasteiger partial charge in [0.1, 0.15) is 5.76 Å². The molecule has 1 aromatic carbocycles. The fourth-order valence-electron chi connectivity index (χ4n) is 3.62. The first kappa shape index (κ1) is 23.4. The second kappa shape index (κ2) is 11.4. The van der Waals surface area contributed by atoms with Gasteiger partial charge in [-0.2, -0.15) is 0 Å². The van der Waals surface area contributed by atoms with Crippen LogP contribution in [-0.4, -0.2) is 48.3 Å². The van der Waals surface area contributed by atoms with Crippen molar-refractivity contribution in [1.82, 2.24) is 20.9 Å². The maximum absolute atomic E-state index is 12.5. The molecule has 0 aliphatic carbocycles. The molecule has 3 rings (SSSR count). The molecule has 2 aromatic rings. The molecular weight excluding hydrogens is 406 g/mol. The molecule has 0 saturated carbocycles. The highest BCUT2D eigenvalue weighted by atomic mass is 16.3. The summed E-state index contributed by atoms with van der Waals surface area (Å²) in [6, 6.07) is 11.2. The molecule has 0 radical (unpaired) electrons. The summed E-state index contributed by atoms with van der Waals surface area (Å²) in [5.74, 6) is 1.47. The molecule has 2 amide bonds. The molecule has 1 saturated heterocycles. The number of furan rings is 1. The van der Waals surface area contributed by atoms with Gasteiger partial charge in [0, 0.05) is 37.2 Å². The van der Waals surface area contributed by atoms with Crippen molar-refractivity contribution in [3.8, 4) is 0 Å². The number of carbonyl (C=O) groups excluding carboxylic acids is 2. The van der Waals surface area contributed by atoms with E-state index in [1.54, 1.807) is 18.4 Å². The Morgan fingerprint density at radius 1 is 1.22 bits per heavy atom. The van der Waals surface area contributed by atoms with Crippen LogP contribution in [0, 0.1) is 5.92 Å². The fourth-order valence-corrected chi connectivity index (χ4v) is 3.62. The van der Waals surface area contributed by atoms with Gasteiger partial charge in [-0.1, -0.05) is 26.0 Å². The molecule has 8 nitrogen and oxygen atoms in total. The van der Waals surface area contributed by atoms with Crippen LogP contribution in [0.2, 0.25) is 0 Å². The molecule has 172 valence electrons. The van der Waals surface area contributed by atoms with E-state index in [1.165, 1.54) is 0 Å². The van der Waals surface area contributed by atoms with Gasteiger partial charge in [-0.3, -0.25) is 9.59 Å². The first-order chi connectivity index (χ1) is 15.5. The van der Waals surface area contributed by atoms with Gasteiger partial charge in [-0.25, -0.2) is 4.99 Å². The van der Waals surface area contributed by atoms with E-state index < -0.39 is 0 Å². The van der Waals surface area contributed by atoms with Crippen LogP contribution in [0.15, 0.2) is 52.1 Å². The first-order valence-corrected chi connectivity index (χ1v) is 11.2. The number of carbonyl (C=O) groups is 2. The zero-order valence-corrected chi connectivity index (χ0v) is 19.1. The number of amides is 2. The topological polar surface area (TPSA) is 99.0 Å². The molecule has 8 heteroatoms. The van der Waals surface area contributed by atoms with Crippen molar-refractivity contribution in [2.24, 2.45) is 10.9 Å². The predicted molar refractivity (Wildman–Crippen MR) is 124 cm³/mol. The predicted octanol–water partition coefficient (Wildman–Crippen LogP) is 2.52. The Morgan fingerprint density at radius 3 is 2.78 bits per heavy atom. The van der Waals surface area contributed by atoms with Crippen molar-refractivity contribution in [3.63, 3.8) is 0 Å². The summed E-state index contributed by atoms with van der Waals surface area (Å²) in [5.41, 5.74) is 1.52. The number of aliphatic imine (C=N–C) groups is 1. The fraction of sp³-hybridized carbons (Fsp3) is 0.458. The van der Waals surface area contributed by atoms with Crippen LogP contribution in [0.1, 0.15) is 48.9 Å². The molecule has 1 aromatic heterocycles. The standard InChI is InChI=1S/C24H33N5O3/c1-4-25-24(28-20-10-11-29(16-20)23(31)17(2)3)27-14-18-7-5-8-19(13-18)22(30)26-15-21-9-6-12-32-21/h5-9,12-13,17,20H,4,10-11,14-16H2,1-3H3,(H,26,30)(H2,25,27,28). The minimum atomic E-state index is -0.155. The van der Waals surface area contributed by atoms with Crippen molar-refractivity contribution < 1.29 is 14.0 Å². The molecule has 3 N–H and O–H groups in total. The average Bonchev–Trinajstić information content (AvgIpc) is 3.48. The molecule has 1 aliphatic rings. The number of hydrogen-bond donors (Lipinski definition) is 3. The van der Waals surface area contributed by atoms with E-state index in [9.17, 15) is 9.59 Å². The normalized spacial score (nSPS) is 16.3. The SMILES string of the molecule is CCNC(=NCc1cccc(C(=O)NCc2ccco2)c1)NC1CCN(C(=O)C(C)C)C1. The Balaban J connectivity index is 1.57. The van der Waals surface area contributed by atoms with Crippen molar-refractivity contribution in [2.45, 2.75) is 46.3 Å². The summed E-state index contributed by atoms with van der Waals surface area (Å²) < 4.78 is 5.25. The zero-order chi connectivity index (χ0) is 22.9. The third kappa shape index (κ3) is 6.60.